The van der Waals surface area contributed by atoms with Gasteiger partial charge in [0.15, 0.2) is 0 Å². The number of rotatable bonds is 24. The maximum Gasteiger partial charge on any atom is 0.306 e. The topological polar surface area (TPSA) is 224 Å². The first-order valence-electron chi connectivity index (χ1n) is 39.2. The van der Waals surface area contributed by atoms with Crippen molar-refractivity contribution in [3.8, 4) is 17.2 Å². The van der Waals surface area contributed by atoms with Gasteiger partial charge in [0.2, 0.25) is 17.8 Å². The minimum Gasteiger partial charge on any atom is -0.507 e. The summed E-state index contributed by atoms with van der Waals surface area (Å²) in [7, 11) is 0. The fourth-order valence-corrected chi connectivity index (χ4v) is 17.2. The standard InChI is InChI=1S/C87H141N9O9/c1-76(2,3)61-43-55(44-62(70(61)100)77(4,5)6)31-34-67(97)103-40-37-94(58-49-82(19,20)91-83(21,22)50-58)73-88-74(95(59-51-84(23,24)92-85(25,26)52-59)38-41-104-68(98)35-32-56-45-63(78(7,8)9)71(101)64(46-56)79(10,11)12)90-75(89-73)96(60-53-86(27,28)93-87(29,30)54-60)39-42-105-69(99)36-33-57-47-65(80(13,14)15)72(102)66(48-57)81(16,17)18/h43-48,58-60,91-93,100-102H,31-42,49-54H2,1-30H3. The highest BCUT2D eigenvalue weighted by Crippen LogP contribution is 2.45. The molecule has 0 spiro atoms. The van der Waals surface area contributed by atoms with E-state index in [0.717, 1.165) is 50.1 Å². The summed E-state index contributed by atoms with van der Waals surface area (Å²) >= 11 is 0. The average Bonchev–Trinajstić information content (AvgIpc) is 0.781. The van der Waals surface area contributed by atoms with E-state index in [-0.39, 0.29) is 160 Å². The van der Waals surface area contributed by atoms with Crippen LogP contribution in [0.3, 0.4) is 0 Å². The van der Waals surface area contributed by atoms with Crippen LogP contribution in [0.5, 0.6) is 17.2 Å². The maximum atomic E-state index is 14.3. The second-order valence-corrected chi connectivity index (χ2v) is 41.5. The van der Waals surface area contributed by atoms with Gasteiger partial charge in [0, 0.05) is 70.6 Å². The second-order valence-electron chi connectivity index (χ2n) is 41.5. The Bertz CT molecular complexity index is 3170. The molecule has 0 aliphatic carbocycles. The Hall–Kier alpha value is -6.24. The van der Waals surface area contributed by atoms with Crippen LogP contribution < -0.4 is 30.7 Å². The van der Waals surface area contributed by atoms with Gasteiger partial charge in [0.25, 0.3) is 0 Å². The van der Waals surface area contributed by atoms with E-state index in [1.807, 2.05) is 36.4 Å². The molecule has 4 aromatic rings. The number of phenolic OH excluding ortho intramolecular Hbond substituents is 3. The molecule has 0 saturated carbocycles. The van der Waals surface area contributed by atoms with Crippen LogP contribution in [-0.4, -0.2) is 139 Å². The van der Waals surface area contributed by atoms with Crippen molar-refractivity contribution in [2.45, 2.75) is 369 Å². The third-order valence-electron chi connectivity index (χ3n) is 21.2. The SMILES string of the molecule is CC1(C)CC(N(CCOC(=O)CCc2cc(C(C)(C)C)c(O)c(C(C)(C)C)c2)c2nc(N(CCOC(=O)CCc3cc(C(C)(C)C)c(O)c(C(C)(C)C)c3)C3CC(C)(C)NC(C)(C)C3)nc(N(CCOC(=O)CCc3cc(C(C)(C)C)c(O)c(C(C)(C)C)c3)C3CC(C)(C)NC(C)(C)C3)n2)CC(C)(C)N1. The van der Waals surface area contributed by atoms with Crippen molar-refractivity contribution in [2.24, 2.45) is 0 Å². The first kappa shape index (κ1) is 86.0. The van der Waals surface area contributed by atoms with Gasteiger partial charge in [0.05, 0.1) is 19.6 Å². The Labute approximate surface area is 633 Å². The first-order chi connectivity index (χ1) is 47.6. The number of aromatic nitrogens is 3. The largest absolute Gasteiger partial charge is 0.507 e. The molecular formula is C87H141N9O9. The van der Waals surface area contributed by atoms with E-state index in [0.29, 0.717) is 92.9 Å². The Morgan fingerprint density at radius 3 is 0.686 bits per heavy atom. The molecule has 18 nitrogen and oxygen atoms in total. The summed E-state index contributed by atoms with van der Waals surface area (Å²) in [5, 5.41) is 46.4. The molecule has 1 aromatic heterocycles. The van der Waals surface area contributed by atoms with Gasteiger partial charge in [-0.15, -0.1) is 0 Å². The minimum absolute atomic E-state index is 0.0427. The number of aromatic hydroxyl groups is 3. The van der Waals surface area contributed by atoms with E-state index in [1.54, 1.807) is 0 Å². The number of nitrogens with one attached hydrogen (secondary N) is 3. The summed E-state index contributed by atoms with van der Waals surface area (Å²) in [6.45, 7) is 65.3. The number of aryl methyl sites for hydroxylation is 3. The zero-order valence-electron chi connectivity index (χ0n) is 70.9. The van der Waals surface area contributed by atoms with Crippen molar-refractivity contribution in [3.05, 3.63) is 86.5 Å². The van der Waals surface area contributed by atoms with Crippen LogP contribution in [0.25, 0.3) is 0 Å². The van der Waals surface area contributed by atoms with E-state index in [2.05, 4.69) is 238 Å². The number of carbonyl (C=O) groups excluding carboxylic acids is 3. The summed E-state index contributed by atoms with van der Waals surface area (Å²) in [4.78, 5) is 66.6. The predicted octanol–water partition coefficient (Wildman–Crippen LogP) is 16.6. The Morgan fingerprint density at radius 2 is 0.524 bits per heavy atom. The van der Waals surface area contributed by atoms with Crippen molar-refractivity contribution >= 4 is 35.8 Å². The summed E-state index contributed by atoms with van der Waals surface area (Å²) in [5.74, 6) is 1.12. The predicted molar refractivity (Wildman–Crippen MR) is 429 cm³/mol. The van der Waals surface area contributed by atoms with E-state index in [1.165, 1.54) is 0 Å². The van der Waals surface area contributed by atoms with Crippen LogP contribution >= 0.6 is 0 Å². The molecule has 3 aliphatic heterocycles. The van der Waals surface area contributed by atoms with Crippen LogP contribution in [0.15, 0.2) is 36.4 Å². The van der Waals surface area contributed by atoms with Crippen LogP contribution in [0, 0.1) is 0 Å². The van der Waals surface area contributed by atoms with Gasteiger partial charge < -0.3 is 60.2 Å². The summed E-state index contributed by atoms with van der Waals surface area (Å²) in [6, 6.07) is 11.7. The Kier molecular flexibility index (Phi) is 25.7. The third kappa shape index (κ3) is 23.6. The van der Waals surface area contributed by atoms with Gasteiger partial charge in [-0.2, -0.15) is 15.0 Å². The highest BCUT2D eigenvalue weighted by atomic mass is 16.5. The fraction of sp³-hybridized carbons (Fsp3) is 0.724. The fourth-order valence-electron chi connectivity index (χ4n) is 17.2. The number of ether oxygens (including phenoxy) is 3. The average molecular weight is 1460 g/mol. The van der Waals surface area contributed by atoms with Gasteiger partial charge >= 0.3 is 17.9 Å². The number of benzene rings is 3. The lowest BCUT2D eigenvalue weighted by Crippen LogP contribution is -2.63. The van der Waals surface area contributed by atoms with Crippen molar-refractivity contribution in [1.82, 2.24) is 30.9 Å². The highest BCUT2D eigenvalue weighted by Gasteiger charge is 2.46. The van der Waals surface area contributed by atoms with E-state index >= 15 is 0 Å². The van der Waals surface area contributed by atoms with Gasteiger partial charge in [-0.1, -0.05) is 161 Å². The van der Waals surface area contributed by atoms with Crippen molar-refractivity contribution in [1.29, 1.82) is 0 Å². The Morgan fingerprint density at radius 1 is 0.352 bits per heavy atom. The lowest BCUT2D eigenvalue weighted by molar-refractivity contribution is -0.144. The molecule has 3 aromatic carbocycles. The molecule has 105 heavy (non-hydrogen) atoms. The van der Waals surface area contributed by atoms with E-state index in [4.69, 9.17) is 29.2 Å². The molecule has 0 bridgehead atoms. The summed E-state index contributed by atoms with van der Waals surface area (Å²) < 4.78 is 19.0. The molecule has 588 valence electrons. The molecule has 3 fully saturated rings. The molecule has 6 N–H and O–H groups in total. The number of esters is 3. The maximum absolute atomic E-state index is 14.3. The van der Waals surface area contributed by atoms with E-state index < -0.39 is 0 Å². The van der Waals surface area contributed by atoms with Crippen LogP contribution in [-0.2, 0) is 80.3 Å². The van der Waals surface area contributed by atoms with E-state index in [9.17, 15) is 29.7 Å². The summed E-state index contributed by atoms with van der Waals surface area (Å²) in [5.41, 5.74) is 3.97. The first-order valence-corrected chi connectivity index (χ1v) is 39.2. The number of anilines is 3. The lowest BCUT2D eigenvalue weighted by atomic mass is 9.78. The van der Waals surface area contributed by atoms with Gasteiger partial charge in [-0.25, -0.2) is 0 Å². The molecule has 0 radical (unpaired) electrons. The second kappa shape index (κ2) is 31.4. The summed E-state index contributed by atoms with van der Waals surface area (Å²) in [6.07, 6.45) is 5.94. The number of phenols is 3. The van der Waals surface area contributed by atoms with Crippen molar-refractivity contribution in [3.63, 3.8) is 0 Å². The molecule has 4 heterocycles. The zero-order valence-corrected chi connectivity index (χ0v) is 70.9. The highest BCUT2D eigenvalue weighted by molar-refractivity contribution is 5.71. The monoisotopic (exact) mass is 1460 g/mol. The lowest BCUT2D eigenvalue weighted by Gasteiger charge is -2.51. The van der Waals surface area contributed by atoms with Crippen molar-refractivity contribution < 1.29 is 43.9 Å². The third-order valence-corrected chi connectivity index (χ3v) is 21.2. The number of nitrogens with zero attached hydrogens (tertiary/aromatic N) is 6. The van der Waals surface area contributed by atoms with Gasteiger partial charge in [-0.3, -0.25) is 14.4 Å². The molecule has 7 rings (SSSR count). The number of hydrogen-bond donors (Lipinski definition) is 6. The molecule has 18 heteroatoms. The molecular weight excluding hydrogens is 1320 g/mol. The molecule has 0 atom stereocenters. The van der Waals surface area contributed by atoms with Gasteiger partial charge in [0.1, 0.15) is 37.1 Å². The van der Waals surface area contributed by atoms with Gasteiger partial charge in [-0.05, 0) is 223 Å². The molecule has 3 saturated heterocycles. The smallest absolute Gasteiger partial charge is 0.306 e. The number of piperidine rings is 3. The van der Waals surface area contributed by atoms with Crippen LogP contribution in [0.2, 0.25) is 0 Å². The van der Waals surface area contributed by atoms with Crippen molar-refractivity contribution in [2.75, 3.05) is 54.2 Å². The minimum atomic E-state index is -0.339. The molecule has 0 unspecified atom stereocenters. The van der Waals surface area contributed by atoms with Crippen LogP contribution in [0.1, 0.15) is 316 Å². The Balaban J connectivity index is 1.34. The van der Waals surface area contributed by atoms with Crippen LogP contribution in [0.4, 0.5) is 17.8 Å². The number of hydrogen-bond acceptors (Lipinski definition) is 18. The quantitative estimate of drug-likeness (QED) is 0.0283. The zero-order chi connectivity index (χ0) is 79.2. The molecule has 0 amide bonds. The number of carbonyl (C=O) groups is 3. The normalized spacial score (nSPS) is 18.7. The molecule has 3 aliphatic rings.